The third-order valence-electron chi connectivity index (χ3n) is 3.60. The number of amides is 2. The van der Waals surface area contributed by atoms with Crippen LogP contribution in [0, 0.1) is 0 Å². The number of H-pyrrole nitrogens is 1. The maximum Gasteiger partial charge on any atom is 0.226 e. The van der Waals surface area contributed by atoms with E-state index in [2.05, 4.69) is 25.8 Å². The minimum absolute atomic E-state index is 0.0731. The molecule has 0 spiro atoms. The van der Waals surface area contributed by atoms with Crippen molar-refractivity contribution in [3.63, 3.8) is 0 Å². The zero-order chi connectivity index (χ0) is 18.5. The number of anilines is 1. The van der Waals surface area contributed by atoms with Crippen LogP contribution < -0.4 is 10.6 Å². The lowest BCUT2D eigenvalue weighted by molar-refractivity contribution is -0.120. The summed E-state index contributed by atoms with van der Waals surface area (Å²) in [5, 5.41) is 15.6. The van der Waals surface area contributed by atoms with Gasteiger partial charge in [-0.05, 0) is 17.7 Å². The largest absolute Gasteiger partial charge is 0.349 e. The Morgan fingerprint density at radius 2 is 2.08 bits per heavy atom. The number of halogens is 1. The first kappa shape index (κ1) is 18.1. The Balaban J connectivity index is 1.73. The highest BCUT2D eigenvalue weighted by Crippen LogP contribution is 2.27. The van der Waals surface area contributed by atoms with Gasteiger partial charge in [-0.1, -0.05) is 23.7 Å². The fourth-order valence-electron chi connectivity index (χ4n) is 2.47. The van der Waals surface area contributed by atoms with Crippen LogP contribution in [0.15, 0.2) is 42.0 Å². The van der Waals surface area contributed by atoms with Gasteiger partial charge in [0.1, 0.15) is 10.7 Å². The molecule has 0 saturated carbocycles. The molecule has 0 radical (unpaired) electrons. The number of nitrogens with zero attached hydrogens (tertiary/aromatic N) is 2. The third-order valence-corrected chi connectivity index (χ3v) is 4.64. The number of thiazole rings is 1. The molecule has 0 bridgehead atoms. The predicted octanol–water partition coefficient (Wildman–Crippen LogP) is 3.39. The van der Waals surface area contributed by atoms with Crippen LogP contribution >= 0.6 is 22.9 Å². The molecular formula is C17H16ClN5O2S. The van der Waals surface area contributed by atoms with Crippen molar-refractivity contribution in [2.24, 2.45) is 0 Å². The van der Waals surface area contributed by atoms with E-state index in [1.807, 2.05) is 5.38 Å². The average molecular weight is 390 g/mol. The predicted molar refractivity (Wildman–Crippen MR) is 101 cm³/mol. The van der Waals surface area contributed by atoms with E-state index in [-0.39, 0.29) is 18.2 Å². The lowest BCUT2D eigenvalue weighted by atomic mass is 10.0. The van der Waals surface area contributed by atoms with Crippen molar-refractivity contribution in [2.45, 2.75) is 19.4 Å². The highest BCUT2D eigenvalue weighted by atomic mass is 35.5. The normalized spacial score (nSPS) is 11.8. The minimum atomic E-state index is -0.458. The molecule has 0 aliphatic heterocycles. The van der Waals surface area contributed by atoms with E-state index in [0.717, 1.165) is 10.6 Å². The van der Waals surface area contributed by atoms with Gasteiger partial charge in [-0.2, -0.15) is 5.10 Å². The Morgan fingerprint density at radius 1 is 1.31 bits per heavy atom. The molecule has 0 saturated heterocycles. The third kappa shape index (κ3) is 4.47. The van der Waals surface area contributed by atoms with Crippen LogP contribution in [0.3, 0.4) is 0 Å². The van der Waals surface area contributed by atoms with E-state index in [9.17, 15) is 9.59 Å². The molecule has 7 nitrogen and oxygen atoms in total. The van der Waals surface area contributed by atoms with Crippen LogP contribution in [0.2, 0.25) is 5.02 Å². The SMILES string of the molecule is CC(=O)NC(CC(=O)Nc1cn[nH]c1-c1nccs1)c1ccc(Cl)cc1. The summed E-state index contributed by atoms with van der Waals surface area (Å²) in [5.41, 5.74) is 1.99. The second-order valence-corrected chi connectivity index (χ2v) is 6.88. The van der Waals surface area contributed by atoms with Crippen molar-refractivity contribution in [3.8, 4) is 10.7 Å². The number of rotatable bonds is 6. The van der Waals surface area contributed by atoms with Gasteiger partial charge in [0.15, 0.2) is 0 Å². The molecule has 134 valence electrons. The highest BCUT2D eigenvalue weighted by Gasteiger charge is 2.19. The zero-order valence-corrected chi connectivity index (χ0v) is 15.4. The summed E-state index contributed by atoms with van der Waals surface area (Å²) >= 11 is 7.35. The smallest absolute Gasteiger partial charge is 0.226 e. The van der Waals surface area contributed by atoms with Crippen molar-refractivity contribution in [2.75, 3.05) is 5.32 Å². The summed E-state index contributed by atoms with van der Waals surface area (Å²) in [4.78, 5) is 28.2. The quantitative estimate of drug-likeness (QED) is 0.601. The average Bonchev–Trinajstić information content (AvgIpc) is 3.25. The summed E-state index contributed by atoms with van der Waals surface area (Å²) in [6, 6.07) is 6.56. The zero-order valence-electron chi connectivity index (χ0n) is 13.8. The van der Waals surface area contributed by atoms with Crippen LogP contribution in [-0.4, -0.2) is 27.0 Å². The summed E-state index contributed by atoms with van der Waals surface area (Å²) in [6.07, 6.45) is 3.29. The molecule has 0 aliphatic rings. The van der Waals surface area contributed by atoms with Gasteiger partial charge in [-0.15, -0.1) is 11.3 Å². The van der Waals surface area contributed by atoms with E-state index in [4.69, 9.17) is 11.6 Å². The maximum atomic E-state index is 12.5. The van der Waals surface area contributed by atoms with Crippen LogP contribution in [-0.2, 0) is 9.59 Å². The number of carbonyl (C=O) groups is 2. The standard InChI is InChI=1S/C17H16ClN5O2S/c1-10(24)21-13(11-2-4-12(18)5-3-11)8-15(25)22-14-9-20-23-16(14)17-19-6-7-26-17/h2-7,9,13H,8H2,1H3,(H,20,23)(H,21,24)(H,22,25). The Labute approximate surface area is 158 Å². The number of hydrogen-bond acceptors (Lipinski definition) is 5. The van der Waals surface area contributed by atoms with Crippen LogP contribution in [0.25, 0.3) is 10.7 Å². The molecule has 0 fully saturated rings. The molecule has 9 heteroatoms. The van der Waals surface area contributed by atoms with Crippen molar-refractivity contribution >= 4 is 40.4 Å². The number of hydrogen-bond donors (Lipinski definition) is 3. The summed E-state index contributed by atoms with van der Waals surface area (Å²) in [6.45, 7) is 1.41. The summed E-state index contributed by atoms with van der Waals surface area (Å²) in [5.74, 6) is -0.470. The van der Waals surface area contributed by atoms with Crippen molar-refractivity contribution in [1.82, 2.24) is 20.5 Å². The highest BCUT2D eigenvalue weighted by molar-refractivity contribution is 7.13. The molecule has 1 aromatic carbocycles. The molecular weight excluding hydrogens is 374 g/mol. The fraction of sp³-hybridized carbons (Fsp3) is 0.176. The van der Waals surface area contributed by atoms with Gasteiger partial charge >= 0.3 is 0 Å². The number of aromatic amines is 1. The topological polar surface area (TPSA) is 99.8 Å². The van der Waals surface area contributed by atoms with E-state index < -0.39 is 6.04 Å². The molecule has 26 heavy (non-hydrogen) atoms. The van der Waals surface area contributed by atoms with E-state index >= 15 is 0 Å². The Bertz CT molecular complexity index is 892. The van der Waals surface area contributed by atoms with Crippen LogP contribution in [0.1, 0.15) is 24.9 Å². The molecule has 2 amide bonds. The van der Waals surface area contributed by atoms with Gasteiger partial charge in [0, 0.05) is 23.5 Å². The summed E-state index contributed by atoms with van der Waals surface area (Å²) < 4.78 is 0. The molecule has 2 heterocycles. The monoisotopic (exact) mass is 389 g/mol. The molecule has 3 aromatic rings. The lowest BCUT2D eigenvalue weighted by Crippen LogP contribution is -2.29. The molecule has 1 atom stereocenters. The van der Waals surface area contributed by atoms with Gasteiger partial charge in [-0.25, -0.2) is 4.98 Å². The number of aromatic nitrogens is 3. The Kier molecular flexibility index (Phi) is 5.65. The van der Waals surface area contributed by atoms with E-state index in [1.54, 1.807) is 30.5 Å². The lowest BCUT2D eigenvalue weighted by Gasteiger charge is -2.18. The van der Waals surface area contributed by atoms with Gasteiger partial charge in [0.05, 0.1) is 24.3 Å². The fourth-order valence-corrected chi connectivity index (χ4v) is 3.24. The first-order chi connectivity index (χ1) is 12.5. The number of benzene rings is 1. The molecule has 2 aromatic heterocycles. The molecule has 3 rings (SSSR count). The van der Waals surface area contributed by atoms with Gasteiger partial charge < -0.3 is 10.6 Å². The van der Waals surface area contributed by atoms with E-state index in [0.29, 0.717) is 16.4 Å². The molecule has 0 aliphatic carbocycles. The minimum Gasteiger partial charge on any atom is -0.349 e. The van der Waals surface area contributed by atoms with Crippen molar-refractivity contribution in [3.05, 3.63) is 52.6 Å². The first-order valence-corrected chi connectivity index (χ1v) is 9.04. The van der Waals surface area contributed by atoms with Crippen molar-refractivity contribution < 1.29 is 9.59 Å². The van der Waals surface area contributed by atoms with Gasteiger partial charge in [-0.3, -0.25) is 14.7 Å². The van der Waals surface area contributed by atoms with Crippen LogP contribution in [0.4, 0.5) is 5.69 Å². The van der Waals surface area contributed by atoms with Crippen LogP contribution in [0.5, 0.6) is 0 Å². The Morgan fingerprint density at radius 3 is 2.73 bits per heavy atom. The Hall–Kier alpha value is -2.71. The van der Waals surface area contributed by atoms with Crippen molar-refractivity contribution in [1.29, 1.82) is 0 Å². The number of carbonyl (C=O) groups excluding carboxylic acids is 2. The first-order valence-electron chi connectivity index (χ1n) is 7.78. The maximum absolute atomic E-state index is 12.5. The van der Waals surface area contributed by atoms with E-state index in [1.165, 1.54) is 24.5 Å². The second kappa shape index (κ2) is 8.11. The van der Waals surface area contributed by atoms with Gasteiger partial charge in [0.25, 0.3) is 0 Å². The molecule has 3 N–H and O–H groups in total. The number of nitrogens with one attached hydrogen (secondary N) is 3. The second-order valence-electron chi connectivity index (χ2n) is 5.55. The molecule has 1 unspecified atom stereocenters. The van der Waals surface area contributed by atoms with Gasteiger partial charge in [0.2, 0.25) is 11.8 Å². The summed E-state index contributed by atoms with van der Waals surface area (Å²) in [7, 11) is 0.